The molecule has 7 heteroatoms. The van der Waals surface area contributed by atoms with Gasteiger partial charge in [0.15, 0.2) is 0 Å². The van der Waals surface area contributed by atoms with Crippen molar-refractivity contribution in [2.75, 3.05) is 40.2 Å². The van der Waals surface area contributed by atoms with E-state index >= 15 is 0 Å². The number of ether oxygens (including phenoxy) is 3. The fourth-order valence-corrected chi connectivity index (χ4v) is 3.33. The van der Waals surface area contributed by atoms with Crippen LogP contribution in [0.1, 0.15) is 6.42 Å². The van der Waals surface area contributed by atoms with Crippen LogP contribution in [-0.2, 0) is 4.74 Å². The van der Waals surface area contributed by atoms with E-state index in [0.717, 1.165) is 18.8 Å². The number of hydrogen-bond donors (Lipinski definition) is 1. The number of rotatable bonds is 5. The molecule has 0 aromatic carbocycles. The zero-order valence-electron chi connectivity index (χ0n) is 12.9. The van der Waals surface area contributed by atoms with E-state index in [1.165, 1.54) is 0 Å². The second-order valence-corrected chi connectivity index (χ2v) is 5.69. The smallest absolute Gasteiger partial charge is 0.321 e. The summed E-state index contributed by atoms with van der Waals surface area (Å²) in [5, 5.41) is 3.50. The van der Waals surface area contributed by atoms with Crippen molar-refractivity contribution in [3.8, 4) is 11.9 Å². The molecule has 0 unspecified atom stereocenters. The Morgan fingerprint density at radius 2 is 2.10 bits per heavy atom. The highest BCUT2D eigenvalue weighted by atomic mass is 16.5. The fourth-order valence-electron chi connectivity index (χ4n) is 3.33. The summed E-state index contributed by atoms with van der Waals surface area (Å²) in [6, 6.07) is 2.76. The van der Waals surface area contributed by atoms with Crippen molar-refractivity contribution in [3.05, 3.63) is 6.07 Å². The van der Waals surface area contributed by atoms with E-state index < -0.39 is 0 Å². The lowest BCUT2D eigenvalue weighted by atomic mass is 9.71. The molecule has 1 aromatic rings. The molecule has 2 fully saturated rings. The highest BCUT2D eigenvalue weighted by Gasteiger charge is 2.55. The molecular weight excluding hydrogens is 272 g/mol. The molecule has 1 aromatic heterocycles. The fraction of sp³-hybridized carbons (Fsp3) is 0.714. The molecule has 1 saturated heterocycles. The molecule has 1 aliphatic carbocycles. The summed E-state index contributed by atoms with van der Waals surface area (Å²) in [5.41, 5.74) is 0. The zero-order valence-corrected chi connectivity index (χ0v) is 12.9. The van der Waals surface area contributed by atoms with Gasteiger partial charge in [-0.15, -0.1) is 0 Å². The minimum Gasteiger partial charge on any atom is -0.481 e. The number of hydrogen-bond acceptors (Lipinski definition) is 7. The maximum atomic E-state index is 5.82. The predicted octanol–water partition coefficient (Wildman–Crippen LogP) is 0.623. The van der Waals surface area contributed by atoms with Gasteiger partial charge in [-0.1, -0.05) is 0 Å². The summed E-state index contributed by atoms with van der Waals surface area (Å²) in [6.45, 7) is 0.842. The number of nitrogens with one attached hydrogen (secondary N) is 1. The number of aromatic nitrogens is 2. The van der Waals surface area contributed by atoms with Crippen molar-refractivity contribution in [2.45, 2.75) is 24.6 Å². The lowest BCUT2D eigenvalue weighted by Crippen LogP contribution is -2.66. The molecule has 4 atom stereocenters. The van der Waals surface area contributed by atoms with Crippen LogP contribution in [0.2, 0.25) is 0 Å². The molecule has 0 radical (unpaired) electrons. The summed E-state index contributed by atoms with van der Waals surface area (Å²) >= 11 is 0. The summed E-state index contributed by atoms with van der Waals surface area (Å²) in [7, 11) is 7.29. The summed E-state index contributed by atoms with van der Waals surface area (Å²) in [5.74, 6) is 1.74. The summed E-state index contributed by atoms with van der Waals surface area (Å²) in [4.78, 5) is 10.7. The molecule has 0 amide bonds. The standard InChI is InChI=1S/C14H22N4O3/c1-18(2)12-11(8-5-6-21-13(8)12)15-9-7-10(19-3)17-14(16-9)20-4/h7-8,11-13H,5-6H2,1-4H3,(H,15,16,17)/t8-,11+,12-,13-/m0/s1. The molecule has 2 aliphatic rings. The number of nitrogens with zero attached hydrogens (tertiary/aromatic N) is 3. The van der Waals surface area contributed by atoms with Crippen LogP contribution in [-0.4, -0.2) is 68.0 Å². The van der Waals surface area contributed by atoms with E-state index in [1.54, 1.807) is 20.3 Å². The Morgan fingerprint density at radius 1 is 1.29 bits per heavy atom. The number of likely N-dealkylation sites (N-methyl/N-ethyl adjacent to an activating group) is 1. The molecule has 3 rings (SSSR count). The molecular formula is C14H22N4O3. The Labute approximate surface area is 124 Å². The van der Waals surface area contributed by atoms with Gasteiger partial charge >= 0.3 is 6.01 Å². The van der Waals surface area contributed by atoms with Gasteiger partial charge in [0, 0.05) is 18.6 Å². The molecule has 1 aliphatic heterocycles. The van der Waals surface area contributed by atoms with E-state index in [9.17, 15) is 0 Å². The highest BCUT2D eigenvalue weighted by molar-refractivity contribution is 5.42. The van der Waals surface area contributed by atoms with Crippen molar-refractivity contribution < 1.29 is 14.2 Å². The number of methoxy groups -OCH3 is 2. The van der Waals surface area contributed by atoms with Crippen LogP contribution < -0.4 is 14.8 Å². The Bertz CT molecular complexity index is 489. The van der Waals surface area contributed by atoms with Gasteiger partial charge in [0.05, 0.1) is 32.4 Å². The SMILES string of the molecule is COc1cc(N[C@@H]2[C@@H]3CCO[C@@H]3[C@H]2N(C)C)nc(OC)n1. The minimum absolute atomic E-state index is 0.303. The average molecular weight is 294 g/mol. The Morgan fingerprint density at radius 3 is 2.76 bits per heavy atom. The first-order valence-electron chi connectivity index (χ1n) is 7.15. The summed E-state index contributed by atoms with van der Waals surface area (Å²) in [6.07, 6.45) is 1.41. The van der Waals surface area contributed by atoms with Crippen LogP contribution >= 0.6 is 0 Å². The first-order valence-corrected chi connectivity index (χ1v) is 7.15. The molecule has 7 nitrogen and oxygen atoms in total. The van der Waals surface area contributed by atoms with Crippen LogP contribution in [0.5, 0.6) is 11.9 Å². The van der Waals surface area contributed by atoms with Crippen molar-refractivity contribution in [2.24, 2.45) is 5.92 Å². The Hall–Kier alpha value is -1.60. The zero-order chi connectivity index (χ0) is 15.0. The van der Waals surface area contributed by atoms with Crippen LogP contribution in [0.15, 0.2) is 6.07 Å². The monoisotopic (exact) mass is 294 g/mol. The third-order valence-electron chi connectivity index (χ3n) is 4.33. The van der Waals surface area contributed by atoms with Crippen molar-refractivity contribution in [1.29, 1.82) is 0 Å². The van der Waals surface area contributed by atoms with E-state index in [4.69, 9.17) is 14.2 Å². The van der Waals surface area contributed by atoms with Gasteiger partial charge < -0.3 is 24.4 Å². The maximum absolute atomic E-state index is 5.82. The third kappa shape index (κ3) is 2.51. The van der Waals surface area contributed by atoms with Crippen molar-refractivity contribution >= 4 is 5.82 Å². The van der Waals surface area contributed by atoms with Gasteiger partial charge in [0.25, 0.3) is 0 Å². The lowest BCUT2D eigenvalue weighted by molar-refractivity contribution is -0.0516. The first kappa shape index (κ1) is 14.3. The minimum atomic E-state index is 0.303. The van der Waals surface area contributed by atoms with Crippen LogP contribution in [0.25, 0.3) is 0 Å². The average Bonchev–Trinajstić information content (AvgIpc) is 2.87. The molecule has 2 heterocycles. The van der Waals surface area contributed by atoms with Gasteiger partial charge in [-0.05, 0) is 20.5 Å². The van der Waals surface area contributed by atoms with Crippen molar-refractivity contribution in [1.82, 2.24) is 14.9 Å². The molecule has 21 heavy (non-hydrogen) atoms. The van der Waals surface area contributed by atoms with E-state index in [1.807, 2.05) is 0 Å². The van der Waals surface area contributed by atoms with Gasteiger partial charge in [-0.25, -0.2) is 0 Å². The predicted molar refractivity (Wildman–Crippen MR) is 77.9 cm³/mol. The van der Waals surface area contributed by atoms with Gasteiger partial charge in [-0.3, -0.25) is 0 Å². The van der Waals surface area contributed by atoms with Crippen molar-refractivity contribution in [3.63, 3.8) is 0 Å². The molecule has 116 valence electrons. The largest absolute Gasteiger partial charge is 0.481 e. The second kappa shape index (κ2) is 5.65. The topological polar surface area (TPSA) is 68.7 Å². The van der Waals surface area contributed by atoms with E-state index in [0.29, 0.717) is 36.0 Å². The molecule has 1 saturated carbocycles. The summed E-state index contributed by atoms with van der Waals surface area (Å²) < 4.78 is 16.1. The van der Waals surface area contributed by atoms with Gasteiger partial charge in [-0.2, -0.15) is 9.97 Å². The number of fused-ring (bicyclic) bond motifs is 1. The van der Waals surface area contributed by atoms with Gasteiger partial charge in [0.1, 0.15) is 5.82 Å². The Kier molecular flexibility index (Phi) is 3.86. The van der Waals surface area contributed by atoms with Gasteiger partial charge in [0.2, 0.25) is 5.88 Å². The second-order valence-electron chi connectivity index (χ2n) is 5.69. The van der Waals surface area contributed by atoms with Crippen LogP contribution in [0.3, 0.4) is 0 Å². The lowest BCUT2D eigenvalue weighted by Gasteiger charge is -2.51. The number of anilines is 1. The van der Waals surface area contributed by atoms with Crippen LogP contribution in [0.4, 0.5) is 5.82 Å². The molecule has 0 bridgehead atoms. The van der Waals surface area contributed by atoms with E-state index in [2.05, 4.69) is 34.3 Å². The quantitative estimate of drug-likeness (QED) is 0.854. The molecule has 0 spiro atoms. The van der Waals surface area contributed by atoms with Crippen LogP contribution in [0, 0.1) is 5.92 Å². The maximum Gasteiger partial charge on any atom is 0.321 e. The third-order valence-corrected chi connectivity index (χ3v) is 4.33. The normalized spacial score (nSPS) is 30.7. The first-order chi connectivity index (χ1) is 10.1. The highest BCUT2D eigenvalue weighted by Crippen LogP contribution is 2.42. The Balaban J connectivity index is 1.79. The van der Waals surface area contributed by atoms with E-state index in [-0.39, 0.29) is 0 Å². The molecule has 1 N–H and O–H groups in total.